The van der Waals surface area contributed by atoms with Crippen LogP contribution in [0.15, 0.2) is 23.3 Å². The highest BCUT2D eigenvalue weighted by Crippen LogP contribution is 2.62. The van der Waals surface area contributed by atoms with E-state index in [1.165, 1.54) is 6.08 Å². The van der Waals surface area contributed by atoms with E-state index >= 15 is 0 Å². The lowest BCUT2D eigenvalue weighted by Crippen LogP contribution is -2.56. The Morgan fingerprint density at radius 3 is 2.39 bits per heavy atom. The molecule has 0 aromatic carbocycles. The molecule has 6 heteroatoms. The van der Waals surface area contributed by atoms with Crippen molar-refractivity contribution in [2.75, 3.05) is 0 Å². The largest absolute Gasteiger partial charge is 0.490 e. The summed E-state index contributed by atoms with van der Waals surface area (Å²) in [6, 6.07) is 0. The van der Waals surface area contributed by atoms with Crippen LogP contribution in [-0.4, -0.2) is 23.5 Å². The first-order chi connectivity index (χ1) is 12.8. The van der Waals surface area contributed by atoms with Crippen molar-refractivity contribution in [3.8, 4) is 0 Å². The second-order valence-corrected chi connectivity index (χ2v) is 9.72. The summed E-state index contributed by atoms with van der Waals surface area (Å²) in [6.07, 6.45) is 2.25. The second-order valence-electron chi connectivity index (χ2n) is 9.72. The van der Waals surface area contributed by atoms with Gasteiger partial charge in [-0.1, -0.05) is 47.1 Å². The first-order valence-electron chi connectivity index (χ1n) is 10.0. The highest BCUT2D eigenvalue weighted by Gasteiger charge is 2.59. The van der Waals surface area contributed by atoms with Gasteiger partial charge in [-0.2, -0.15) is 13.2 Å². The summed E-state index contributed by atoms with van der Waals surface area (Å²) in [7, 11) is 0. The van der Waals surface area contributed by atoms with Crippen molar-refractivity contribution < 1.29 is 27.5 Å². The van der Waals surface area contributed by atoms with Crippen LogP contribution in [0.5, 0.6) is 0 Å². The predicted octanol–water partition coefficient (Wildman–Crippen LogP) is 5.55. The minimum atomic E-state index is -5.14. The van der Waals surface area contributed by atoms with Crippen molar-refractivity contribution in [1.29, 1.82) is 0 Å². The molecule has 0 aromatic heterocycles. The normalized spacial score (nSPS) is 34.9. The topological polar surface area (TPSA) is 43.4 Å². The molecule has 0 N–H and O–H groups in total. The molecule has 3 rings (SSSR count). The van der Waals surface area contributed by atoms with Crippen LogP contribution in [0.25, 0.3) is 0 Å². The molecule has 3 atom stereocenters. The lowest BCUT2D eigenvalue weighted by molar-refractivity contribution is -0.214. The SMILES string of the molecule is CC(C)C1(OC(=O)C(F)(F)F)C(=O)C=CC2=C1CC[C@H]1C(C)(C)CCC[C@]21C. The molecule has 1 unspecified atom stereocenters. The molecule has 0 radical (unpaired) electrons. The van der Waals surface area contributed by atoms with Crippen molar-refractivity contribution >= 4 is 11.8 Å². The monoisotopic (exact) mass is 398 g/mol. The van der Waals surface area contributed by atoms with Gasteiger partial charge in [0.2, 0.25) is 5.78 Å². The summed E-state index contributed by atoms with van der Waals surface area (Å²) in [5, 5.41) is 0. The maximum absolute atomic E-state index is 13.0. The molecule has 1 fully saturated rings. The third-order valence-electron chi connectivity index (χ3n) is 7.37. The minimum Gasteiger partial charge on any atom is -0.439 e. The number of carbonyl (C=O) groups excluding carboxylic acids is 2. The molecular formula is C22H29F3O3. The molecule has 0 bridgehead atoms. The quantitative estimate of drug-likeness (QED) is 0.573. The van der Waals surface area contributed by atoms with Crippen LogP contribution in [0.1, 0.15) is 66.7 Å². The zero-order chi connectivity index (χ0) is 21.1. The Bertz CT molecular complexity index is 759. The summed E-state index contributed by atoms with van der Waals surface area (Å²) in [6.45, 7) is 9.94. The van der Waals surface area contributed by atoms with Gasteiger partial charge in [0, 0.05) is 5.92 Å². The molecule has 0 aromatic rings. The van der Waals surface area contributed by atoms with Crippen molar-refractivity contribution in [1.82, 2.24) is 0 Å². The lowest BCUT2D eigenvalue weighted by atomic mass is 9.48. The Hall–Kier alpha value is -1.59. The predicted molar refractivity (Wildman–Crippen MR) is 99.4 cm³/mol. The fraction of sp³-hybridized carbons (Fsp3) is 0.727. The zero-order valence-electron chi connectivity index (χ0n) is 17.2. The third-order valence-corrected chi connectivity index (χ3v) is 7.37. The minimum absolute atomic E-state index is 0.115. The standard InChI is InChI=1S/C22H29F3O3/c1-13(2)21(28-18(27)22(23,24)25)15-7-9-16-19(3,4)11-6-12-20(16,5)14(15)8-10-17(21)26/h8,10,13,16H,6-7,9,11-12H2,1-5H3/t16-,20+,21?/m0/s1. The second kappa shape index (κ2) is 6.46. The molecular weight excluding hydrogens is 369 g/mol. The van der Waals surface area contributed by atoms with Crippen molar-refractivity contribution in [3.63, 3.8) is 0 Å². The number of rotatable bonds is 2. The number of carbonyl (C=O) groups is 2. The molecule has 3 nitrogen and oxygen atoms in total. The number of alkyl halides is 3. The fourth-order valence-corrected chi connectivity index (χ4v) is 6.10. The van der Waals surface area contributed by atoms with Gasteiger partial charge < -0.3 is 4.74 Å². The van der Waals surface area contributed by atoms with Gasteiger partial charge in [-0.25, -0.2) is 4.79 Å². The number of halogens is 3. The van der Waals surface area contributed by atoms with Crippen LogP contribution in [0.2, 0.25) is 0 Å². The number of hydrogen-bond acceptors (Lipinski definition) is 3. The zero-order valence-corrected chi connectivity index (χ0v) is 17.2. The molecule has 156 valence electrons. The van der Waals surface area contributed by atoms with E-state index in [9.17, 15) is 22.8 Å². The average molecular weight is 398 g/mol. The number of fused-ring (bicyclic) bond motifs is 2. The summed E-state index contributed by atoms with van der Waals surface area (Å²) in [5.74, 6) is -3.10. The first kappa shape index (κ1) is 21.1. The number of allylic oxidation sites excluding steroid dienone is 2. The van der Waals surface area contributed by atoms with E-state index in [1.54, 1.807) is 19.9 Å². The average Bonchev–Trinajstić information content (AvgIpc) is 2.55. The van der Waals surface area contributed by atoms with Crippen LogP contribution >= 0.6 is 0 Å². The maximum Gasteiger partial charge on any atom is 0.490 e. The van der Waals surface area contributed by atoms with Crippen molar-refractivity contribution in [3.05, 3.63) is 23.3 Å². The van der Waals surface area contributed by atoms with E-state index in [2.05, 4.69) is 20.8 Å². The Morgan fingerprint density at radius 1 is 1.18 bits per heavy atom. The Kier molecular flexibility index (Phi) is 4.87. The van der Waals surface area contributed by atoms with Gasteiger partial charge in [0.25, 0.3) is 0 Å². The van der Waals surface area contributed by atoms with Gasteiger partial charge in [0.05, 0.1) is 0 Å². The van der Waals surface area contributed by atoms with E-state index in [1.807, 2.05) is 0 Å². The summed E-state index contributed by atoms with van der Waals surface area (Å²) in [4.78, 5) is 24.7. The van der Waals surface area contributed by atoms with E-state index < -0.39 is 29.4 Å². The van der Waals surface area contributed by atoms with Gasteiger partial charge in [0.15, 0.2) is 5.60 Å². The number of hydrogen-bond donors (Lipinski definition) is 0. The smallest absolute Gasteiger partial charge is 0.439 e. The summed E-state index contributed by atoms with van der Waals surface area (Å²) in [5.41, 5.74) is -0.517. The lowest BCUT2D eigenvalue weighted by Gasteiger charge is -2.57. The molecule has 0 spiro atoms. The van der Waals surface area contributed by atoms with Gasteiger partial charge in [-0.3, -0.25) is 4.79 Å². The number of esters is 1. The van der Waals surface area contributed by atoms with Gasteiger partial charge >= 0.3 is 12.1 Å². The third kappa shape index (κ3) is 2.94. The summed E-state index contributed by atoms with van der Waals surface area (Å²) < 4.78 is 44.1. The highest BCUT2D eigenvalue weighted by atomic mass is 19.4. The molecule has 3 aliphatic carbocycles. The molecule has 28 heavy (non-hydrogen) atoms. The van der Waals surface area contributed by atoms with E-state index in [4.69, 9.17) is 4.74 Å². The number of ether oxygens (including phenoxy) is 1. The van der Waals surface area contributed by atoms with E-state index in [0.717, 1.165) is 31.3 Å². The molecule has 1 saturated carbocycles. The van der Waals surface area contributed by atoms with Crippen LogP contribution in [0.3, 0.4) is 0 Å². The van der Waals surface area contributed by atoms with Crippen molar-refractivity contribution in [2.45, 2.75) is 78.5 Å². The van der Waals surface area contributed by atoms with Crippen LogP contribution in [-0.2, 0) is 14.3 Å². The molecule has 0 aliphatic heterocycles. The summed E-state index contributed by atoms with van der Waals surface area (Å²) >= 11 is 0. The molecule has 0 heterocycles. The van der Waals surface area contributed by atoms with Crippen LogP contribution in [0.4, 0.5) is 13.2 Å². The highest BCUT2D eigenvalue weighted by molar-refractivity contribution is 6.03. The van der Waals surface area contributed by atoms with Gasteiger partial charge in [-0.05, 0) is 59.7 Å². The van der Waals surface area contributed by atoms with Gasteiger partial charge in [-0.15, -0.1) is 0 Å². The van der Waals surface area contributed by atoms with Crippen LogP contribution in [0, 0.1) is 22.7 Å². The Labute approximate surface area is 164 Å². The Morgan fingerprint density at radius 2 is 1.82 bits per heavy atom. The van der Waals surface area contributed by atoms with Crippen molar-refractivity contribution in [2.24, 2.45) is 22.7 Å². The maximum atomic E-state index is 13.0. The van der Waals surface area contributed by atoms with E-state index in [-0.39, 0.29) is 10.8 Å². The number of ketones is 1. The van der Waals surface area contributed by atoms with E-state index in [0.29, 0.717) is 17.9 Å². The molecule has 3 aliphatic rings. The Balaban J connectivity index is 2.17. The molecule has 0 saturated heterocycles. The van der Waals surface area contributed by atoms with Crippen LogP contribution < -0.4 is 0 Å². The molecule has 0 amide bonds. The van der Waals surface area contributed by atoms with Gasteiger partial charge in [0.1, 0.15) is 0 Å². The fourth-order valence-electron chi connectivity index (χ4n) is 6.10. The first-order valence-corrected chi connectivity index (χ1v) is 10.0.